The number of nitrogens with zero attached hydrogens (tertiary/aromatic N) is 1. The monoisotopic (exact) mass is 207 g/mol. The molecule has 0 saturated carbocycles. The first-order chi connectivity index (χ1) is 7.24. The molecule has 1 heterocycles. The molecule has 0 spiro atoms. The molecule has 0 atom stereocenters. The van der Waals surface area contributed by atoms with Gasteiger partial charge in [0.25, 0.3) is 5.91 Å². The summed E-state index contributed by atoms with van der Waals surface area (Å²) in [5.74, 6) is -0.0431. The quantitative estimate of drug-likeness (QED) is 0.700. The van der Waals surface area contributed by atoms with Gasteiger partial charge in [0, 0.05) is 30.5 Å². The van der Waals surface area contributed by atoms with Crippen LogP contribution in [0.4, 0.5) is 0 Å². The number of aryl methyl sites for hydroxylation is 1. The molecule has 4 nitrogen and oxygen atoms in total. The molecule has 0 radical (unpaired) electrons. The predicted octanol–water partition coefficient (Wildman–Crippen LogP) is 0.729. The van der Waals surface area contributed by atoms with Gasteiger partial charge in [0.2, 0.25) is 0 Å². The molecule has 0 saturated heterocycles. The molecule has 82 valence electrons. The van der Waals surface area contributed by atoms with Crippen LogP contribution in [0.25, 0.3) is 0 Å². The molecule has 0 aromatic carbocycles. The van der Waals surface area contributed by atoms with Crippen LogP contribution in [0.1, 0.15) is 23.0 Å². The van der Waals surface area contributed by atoms with E-state index in [-0.39, 0.29) is 5.91 Å². The molecule has 0 unspecified atom stereocenters. The summed E-state index contributed by atoms with van der Waals surface area (Å²) in [7, 11) is 0. The highest BCUT2D eigenvalue weighted by Crippen LogP contribution is 1.99. The molecule has 15 heavy (non-hydrogen) atoms. The van der Waals surface area contributed by atoms with Crippen molar-refractivity contribution in [3.05, 3.63) is 29.6 Å². The molecule has 1 aromatic heterocycles. The number of amides is 1. The van der Waals surface area contributed by atoms with Gasteiger partial charge in [-0.1, -0.05) is 6.92 Å². The predicted molar refractivity (Wildman–Crippen MR) is 59.9 cm³/mol. The first kappa shape index (κ1) is 11.7. The van der Waals surface area contributed by atoms with Crippen molar-refractivity contribution in [2.75, 3.05) is 19.6 Å². The molecule has 4 heteroatoms. The smallest absolute Gasteiger partial charge is 0.251 e. The fourth-order valence-electron chi connectivity index (χ4n) is 1.23. The number of hydrogen-bond donors (Lipinski definition) is 2. The third kappa shape index (κ3) is 4.08. The molecule has 0 aliphatic carbocycles. The van der Waals surface area contributed by atoms with Crippen molar-refractivity contribution >= 4 is 5.91 Å². The molecule has 0 fully saturated rings. The van der Waals surface area contributed by atoms with Crippen molar-refractivity contribution in [1.82, 2.24) is 15.6 Å². The van der Waals surface area contributed by atoms with Crippen LogP contribution in [0.3, 0.4) is 0 Å². The molecule has 1 rings (SSSR count). The van der Waals surface area contributed by atoms with Crippen molar-refractivity contribution in [2.45, 2.75) is 13.8 Å². The van der Waals surface area contributed by atoms with Crippen LogP contribution < -0.4 is 10.6 Å². The highest BCUT2D eigenvalue weighted by Gasteiger charge is 2.03. The summed E-state index contributed by atoms with van der Waals surface area (Å²) in [5.41, 5.74) is 1.52. The van der Waals surface area contributed by atoms with Crippen LogP contribution in [0.15, 0.2) is 18.3 Å². The van der Waals surface area contributed by atoms with Crippen molar-refractivity contribution in [3.8, 4) is 0 Å². The van der Waals surface area contributed by atoms with Crippen LogP contribution in [0.2, 0.25) is 0 Å². The second-order valence-corrected chi connectivity index (χ2v) is 3.30. The van der Waals surface area contributed by atoms with E-state index in [0.29, 0.717) is 12.1 Å². The number of rotatable bonds is 5. The Bertz CT molecular complexity index is 325. The summed E-state index contributed by atoms with van der Waals surface area (Å²) >= 11 is 0. The number of aromatic nitrogens is 1. The Balaban J connectivity index is 2.40. The number of carbonyl (C=O) groups is 1. The van der Waals surface area contributed by atoms with Crippen LogP contribution in [0, 0.1) is 6.92 Å². The van der Waals surface area contributed by atoms with Gasteiger partial charge in [-0.05, 0) is 25.6 Å². The Morgan fingerprint density at radius 1 is 1.47 bits per heavy atom. The lowest BCUT2D eigenvalue weighted by molar-refractivity contribution is 0.0954. The molecule has 1 aromatic rings. The number of pyridine rings is 1. The zero-order valence-corrected chi connectivity index (χ0v) is 9.21. The third-order valence-corrected chi connectivity index (χ3v) is 2.00. The highest BCUT2D eigenvalue weighted by molar-refractivity contribution is 5.94. The SMILES string of the molecule is CCNCCNC(=O)c1ccnc(C)c1. The van der Waals surface area contributed by atoms with E-state index in [1.807, 2.05) is 13.8 Å². The van der Waals surface area contributed by atoms with Gasteiger partial charge in [0.15, 0.2) is 0 Å². The van der Waals surface area contributed by atoms with Crippen LogP contribution in [0.5, 0.6) is 0 Å². The third-order valence-electron chi connectivity index (χ3n) is 2.00. The number of likely N-dealkylation sites (N-methyl/N-ethyl adjacent to an activating group) is 1. The van der Waals surface area contributed by atoms with Gasteiger partial charge in [-0.25, -0.2) is 0 Å². The van der Waals surface area contributed by atoms with Gasteiger partial charge in [0.1, 0.15) is 0 Å². The van der Waals surface area contributed by atoms with E-state index in [1.54, 1.807) is 18.3 Å². The molecular weight excluding hydrogens is 190 g/mol. The molecule has 1 amide bonds. The van der Waals surface area contributed by atoms with E-state index in [2.05, 4.69) is 15.6 Å². The van der Waals surface area contributed by atoms with Gasteiger partial charge < -0.3 is 10.6 Å². The minimum atomic E-state index is -0.0431. The lowest BCUT2D eigenvalue weighted by atomic mass is 10.2. The van der Waals surface area contributed by atoms with Crippen LogP contribution in [-0.2, 0) is 0 Å². The van der Waals surface area contributed by atoms with E-state index in [9.17, 15) is 4.79 Å². The molecule has 2 N–H and O–H groups in total. The summed E-state index contributed by atoms with van der Waals surface area (Å²) in [6.07, 6.45) is 1.65. The Hall–Kier alpha value is -1.42. The second kappa shape index (κ2) is 6.14. The average molecular weight is 207 g/mol. The molecule has 0 aliphatic heterocycles. The minimum absolute atomic E-state index is 0.0431. The fraction of sp³-hybridized carbons (Fsp3) is 0.455. The van der Waals surface area contributed by atoms with Gasteiger partial charge in [0.05, 0.1) is 0 Å². The van der Waals surface area contributed by atoms with E-state index < -0.39 is 0 Å². The van der Waals surface area contributed by atoms with Gasteiger partial charge >= 0.3 is 0 Å². The first-order valence-corrected chi connectivity index (χ1v) is 5.15. The van der Waals surface area contributed by atoms with Gasteiger partial charge in [-0.3, -0.25) is 9.78 Å². The fourth-order valence-corrected chi connectivity index (χ4v) is 1.23. The standard InChI is InChI=1S/C11H17N3O/c1-3-12-6-7-14-11(15)10-4-5-13-9(2)8-10/h4-5,8,12H,3,6-7H2,1-2H3,(H,14,15). The topological polar surface area (TPSA) is 54.0 Å². The lowest BCUT2D eigenvalue weighted by Crippen LogP contribution is -2.31. The van der Waals surface area contributed by atoms with Crippen LogP contribution >= 0.6 is 0 Å². The number of hydrogen-bond acceptors (Lipinski definition) is 3. The Morgan fingerprint density at radius 3 is 2.93 bits per heavy atom. The van der Waals surface area contributed by atoms with Gasteiger partial charge in [-0.15, -0.1) is 0 Å². The number of nitrogens with one attached hydrogen (secondary N) is 2. The van der Waals surface area contributed by atoms with Gasteiger partial charge in [-0.2, -0.15) is 0 Å². The highest BCUT2D eigenvalue weighted by atomic mass is 16.1. The summed E-state index contributed by atoms with van der Waals surface area (Å²) in [4.78, 5) is 15.6. The zero-order valence-electron chi connectivity index (χ0n) is 9.21. The maximum absolute atomic E-state index is 11.6. The summed E-state index contributed by atoms with van der Waals surface area (Å²) < 4.78 is 0. The lowest BCUT2D eigenvalue weighted by Gasteiger charge is -2.05. The summed E-state index contributed by atoms with van der Waals surface area (Å²) in [6.45, 7) is 6.27. The maximum Gasteiger partial charge on any atom is 0.251 e. The van der Waals surface area contributed by atoms with Crippen molar-refractivity contribution in [3.63, 3.8) is 0 Å². The van der Waals surface area contributed by atoms with E-state index in [4.69, 9.17) is 0 Å². The van der Waals surface area contributed by atoms with Crippen molar-refractivity contribution in [1.29, 1.82) is 0 Å². The normalized spacial score (nSPS) is 10.0. The van der Waals surface area contributed by atoms with E-state index in [0.717, 1.165) is 18.8 Å². The second-order valence-electron chi connectivity index (χ2n) is 3.30. The Kier molecular flexibility index (Phi) is 4.77. The minimum Gasteiger partial charge on any atom is -0.351 e. The Morgan fingerprint density at radius 2 is 2.27 bits per heavy atom. The summed E-state index contributed by atoms with van der Waals surface area (Å²) in [5, 5.41) is 5.97. The summed E-state index contributed by atoms with van der Waals surface area (Å²) in [6, 6.07) is 3.50. The van der Waals surface area contributed by atoms with E-state index in [1.165, 1.54) is 0 Å². The average Bonchev–Trinajstić information content (AvgIpc) is 2.24. The Labute approximate surface area is 90.1 Å². The first-order valence-electron chi connectivity index (χ1n) is 5.15. The molecule has 0 aliphatic rings. The maximum atomic E-state index is 11.6. The van der Waals surface area contributed by atoms with Crippen molar-refractivity contribution in [2.24, 2.45) is 0 Å². The van der Waals surface area contributed by atoms with Crippen LogP contribution in [-0.4, -0.2) is 30.5 Å². The number of carbonyl (C=O) groups excluding carboxylic acids is 1. The molecule has 0 bridgehead atoms. The molecular formula is C11H17N3O. The van der Waals surface area contributed by atoms with E-state index >= 15 is 0 Å². The van der Waals surface area contributed by atoms with Crippen molar-refractivity contribution < 1.29 is 4.79 Å². The largest absolute Gasteiger partial charge is 0.351 e. The zero-order chi connectivity index (χ0) is 11.1.